The van der Waals surface area contributed by atoms with Gasteiger partial charge in [0.15, 0.2) is 0 Å². The number of carbonyl (C=O) groups excluding carboxylic acids is 2. The summed E-state index contributed by atoms with van der Waals surface area (Å²) in [6.07, 6.45) is -4.58. The number of aromatic amines is 1. The minimum absolute atomic E-state index is 0.238. The van der Waals surface area contributed by atoms with E-state index in [4.69, 9.17) is 19.4 Å². The van der Waals surface area contributed by atoms with Gasteiger partial charge in [-0.3, -0.25) is 4.79 Å². The van der Waals surface area contributed by atoms with Crippen LogP contribution < -0.4 is 15.4 Å². The lowest BCUT2D eigenvalue weighted by Gasteiger charge is -2.19. The molecule has 1 heterocycles. The minimum atomic E-state index is -5.08. The number of H-pyrrole nitrogens is 1. The topological polar surface area (TPSA) is 130 Å². The van der Waals surface area contributed by atoms with Gasteiger partial charge in [0, 0.05) is 17.9 Å². The summed E-state index contributed by atoms with van der Waals surface area (Å²) in [7, 11) is 1.62. The molecule has 0 spiro atoms. The van der Waals surface area contributed by atoms with Gasteiger partial charge in [-0.25, -0.2) is 9.59 Å². The van der Waals surface area contributed by atoms with Crippen molar-refractivity contribution in [1.82, 2.24) is 10.3 Å². The number of rotatable bonds is 9. The summed E-state index contributed by atoms with van der Waals surface area (Å²) in [6, 6.07) is 17.2. The Kier molecular flexibility index (Phi) is 11.4. The Morgan fingerprint density at radius 2 is 1.54 bits per heavy atom. The number of ether oxygens (including phenoxy) is 2. The van der Waals surface area contributed by atoms with Crippen LogP contribution in [0.3, 0.4) is 0 Å². The highest BCUT2D eigenvalue weighted by Crippen LogP contribution is 2.25. The average Bonchev–Trinajstić information content (AvgIpc) is 3.29. The van der Waals surface area contributed by atoms with Gasteiger partial charge in [-0.2, -0.15) is 13.2 Å². The molecular weight excluding hydrogens is 543 g/mol. The third-order valence-electron chi connectivity index (χ3n) is 5.46. The van der Waals surface area contributed by atoms with Crippen molar-refractivity contribution in [2.75, 3.05) is 12.4 Å². The monoisotopic (exact) mass is 577 g/mol. The molecule has 12 heteroatoms. The average molecular weight is 578 g/mol. The predicted octanol–water partition coefficient (Wildman–Crippen LogP) is 5.72. The number of anilines is 1. The van der Waals surface area contributed by atoms with E-state index in [-0.39, 0.29) is 5.91 Å². The van der Waals surface area contributed by atoms with E-state index >= 15 is 0 Å². The highest BCUT2D eigenvalue weighted by atomic mass is 19.4. The second kappa shape index (κ2) is 14.2. The van der Waals surface area contributed by atoms with Crippen molar-refractivity contribution in [1.29, 1.82) is 0 Å². The number of alkyl halides is 3. The highest BCUT2D eigenvalue weighted by molar-refractivity contribution is 6.01. The number of aromatic nitrogens is 1. The fraction of sp³-hybridized carbons (Fsp3) is 0.345. The summed E-state index contributed by atoms with van der Waals surface area (Å²) in [4.78, 5) is 38.3. The van der Waals surface area contributed by atoms with E-state index in [0.717, 1.165) is 17.0 Å². The maximum absolute atomic E-state index is 13.3. The predicted molar refractivity (Wildman–Crippen MR) is 147 cm³/mol. The molecule has 0 atom stereocenters. The number of halogens is 3. The molecule has 9 nitrogen and oxygen atoms in total. The van der Waals surface area contributed by atoms with Crippen molar-refractivity contribution in [3.63, 3.8) is 0 Å². The number of methoxy groups -OCH3 is 1. The molecule has 0 radical (unpaired) electrons. The lowest BCUT2D eigenvalue weighted by molar-refractivity contribution is -0.192. The first-order valence-corrected chi connectivity index (χ1v) is 12.6. The Hall–Kier alpha value is -4.48. The molecule has 3 rings (SSSR count). The fourth-order valence-corrected chi connectivity index (χ4v) is 3.63. The number of amides is 1. The molecule has 3 aromatic rings. The molecule has 0 fully saturated rings. The zero-order valence-corrected chi connectivity index (χ0v) is 23.4. The van der Waals surface area contributed by atoms with Crippen molar-refractivity contribution in [2.24, 2.45) is 0 Å². The maximum atomic E-state index is 13.3. The van der Waals surface area contributed by atoms with Crippen LogP contribution in [0.4, 0.5) is 18.9 Å². The molecular formula is C29H34F3N3O6. The summed E-state index contributed by atoms with van der Waals surface area (Å²) in [5.41, 5.74) is 3.27. The minimum Gasteiger partial charge on any atom is -0.497 e. The van der Waals surface area contributed by atoms with Crippen molar-refractivity contribution in [3.8, 4) is 5.75 Å². The number of benzene rings is 2. The zero-order valence-electron chi connectivity index (χ0n) is 23.4. The zero-order chi connectivity index (χ0) is 30.8. The molecule has 0 bridgehead atoms. The van der Waals surface area contributed by atoms with Gasteiger partial charge < -0.3 is 30.2 Å². The molecule has 4 N–H and O–H groups in total. The van der Waals surface area contributed by atoms with Gasteiger partial charge in [0.1, 0.15) is 17.0 Å². The van der Waals surface area contributed by atoms with Crippen LogP contribution in [0.5, 0.6) is 5.75 Å². The van der Waals surface area contributed by atoms with Crippen LogP contribution in [0, 0.1) is 0 Å². The van der Waals surface area contributed by atoms with Crippen LogP contribution in [0.1, 0.15) is 65.4 Å². The van der Waals surface area contributed by atoms with E-state index in [1.54, 1.807) is 7.11 Å². The molecule has 222 valence electrons. The Morgan fingerprint density at radius 3 is 2.02 bits per heavy atom. The molecule has 41 heavy (non-hydrogen) atoms. The first-order chi connectivity index (χ1) is 19.2. The summed E-state index contributed by atoms with van der Waals surface area (Å²) in [6.45, 7) is 8.10. The number of carbonyl (C=O) groups is 3. The molecule has 1 aromatic heterocycles. The number of carboxylic acids is 1. The van der Waals surface area contributed by atoms with Crippen LogP contribution in [0.25, 0.3) is 0 Å². The molecule has 0 aliphatic carbocycles. The van der Waals surface area contributed by atoms with Gasteiger partial charge in [0.05, 0.1) is 19.2 Å². The molecule has 0 aliphatic heterocycles. The van der Waals surface area contributed by atoms with Gasteiger partial charge in [0.2, 0.25) is 0 Å². The molecule has 2 aromatic carbocycles. The lowest BCUT2D eigenvalue weighted by atomic mass is 10.0. The van der Waals surface area contributed by atoms with Crippen LogP contribution in [0.15, 0.2) is 54.6 Å². The number of hydrogen-bond donors (Lipinski definition) is 4. The van der Waals surface area contributed by atoms with Crippen molar-refractivity contribution >= 4 is 23.5 Å². The summed E-state index contributed by atoms with van der Waals surface area (Å²) in [5, 5.41) is 13.4. The smallest absolute Gasteiger partial charge is 0.490 e. The number of hydrogen-bond acceptors (Lipinski definition) is 6. The fourth-order valence-electron chi connectivity index (χ4n) is 3.63. The normalized spacial score (nSPS) is 11.1. The second-order valence-electron chi connectivity index (χ2n) is 9.74. The molecule has 0 unspecified atom stereocenters. The van der Waals surface area contributed by atoms with Crippen molar-refractivity contribution in [3.05, 3.63) is 82.7 Å². The van der Waals surface area contributed by atoms with E-state index in [1.807, 2.05) is 82.3 Å². The Balaban J connectivity index is 0.000000745. The van der Waals surface area contributed by atoms with Crippen LogP contribution in [-0.2, 0) is 29.0 Å². The quantitative estimate of drug-likeness (QED) is 0.240. The van der Waals surface area contributed by atoms with Crippen molar-refractivity contribution in [2.45, 2.75) is 59.0 Å². The number of carboxylic acid groups (broad SMARTS) is 1. The number of aliphatic carboxylic acids is 1. The summed E-state index contributed by atoms with van der Waals surface area (Å²) in [5.74, 6) is -2.71. The summed E-state index contributed by atoms with van der Waals surface area (Å²) < 4.78 is 42.5. The lowest BCUT2D eigenvalue weighted by Crippen LogP contribution is -2.26. The first-order valence-electron chi connectivity index (χ1n) is 12.6. The van der Waals surface area contributed by atoms with Crippen LogP contribution in [0.2, 0.25) is 0 Å². The van der Waals surface area contributed by atoms with E-state index in [1.165, 1.54) is 0 Å². The van der Waals surface area contributed by atoms with E-state index in [2.05, 4.69) is 15.6 Å². The van der Waals surface area contributed by atoms with Gasteiger partial charge in [-0.15, -0.1) is 0 Å². The SMILES string of the molecule is CCc1c(C(=O)OC(C)(C)C)[nH]c(CNc2ccc(OC)cc2)c1C(=O)NCc1ccccc1.O=C(O)C(F)(F)F. The Bertz CT molecular complexity index is 1310. The Labute approximate surface area is 236 Å². The number of esters is 1. The van der Waals surface area contributed by atoms with Crippen LogP contribution >= 0.6 is 0 Å². The maximum Gasteiger partial charge on any atom is 0.490 e. The van der Waals surface area contributed by atoms with Gasteiger partial charge >= 0.3 is 18.1 Å². The second-order valence-corrected chi connectivity index (χ2v) is 9.74. The van der Waals surface area contributed by atoms with Crippen molar-refractivity contribution < 1.29 is 42.1 Å². The molecule has 0 saturated heterocycles. The van der Waals surface area contributed by atoms with E-state index in [9.17, 15) is 22.8 Å². The Morgan fingerprint density at radius 1 is 0.951 bits per heavy atom. The standard InChI is InChI=1S/C27H33N3O4.C2HF3O2/c1-6-21-23(25(31)29-16-18-10-8-7-9-11-18)22(30-24(21)26(32)34-27(2,3)4)17-28-19-12-14-20(33-5)15-13-19;3-2(4,5)1(6)7/h7-15,28,30H,6,16-17H2,1-5H3,(H,29,31);(H,6,7). The molecule has 0 aliphatic rings. The van der Waals surface area contributed by atoms with E-state index < -0.39 is 23.7 Å². The largest absolute Gasteiger partial charge is 0.497 e. The first kappa shape index (κ1) is 32.7. The third-order valence-corrected chi connectivity index (χ3v) is 5.46. The van der Waals surface area contributed by atoms with Crippen LogP contribution in [-0.4, -0.2) is 46.8 Å². The van der Waals surface area contributed by atoms with Gasteiger partial charge in [-0.05, 0) is 62.6 Å². The highest BCUT2D eigenvalue weighted by Gasteiger charge is 2.38. The summed E-state index contributed by atoms with van der Waals surface area (Å²) >= 11 is 0. The van der Waals surface area contributed by atoms with E-state index in [0.29, 0.717) is 42.0 Å². The number of nitrogens with one attached hydrogen (secondary N) is 3. The van der Waals surface area contributed by atoms with Gasteiger partial charge in [-0.1, -0.05) is 37.3 Å². The van der Waals surface area contributed by atoms with Gasteiger partial charge in [0.25, 0.3) is 5.91 Å². The molecule has 0 saturated carbocycles. The molecule has 1 amide bonds. The third kappa shape index (κ3) is 10.2.